The number of nitrogens with zero attached hydrogens (tertiary/aromatic N) is 5. The number of thiazole rings is 1. The molecule has 2 aromatic heterocycles. The van der Waals surface area contributed by atoms with Gasteiger partial charge in [-0.2, -0.15) is 0 Å². The van der Waals surface area contributed by atoms with Crippen molar-refractivity contribution < 1.29 is 4.79 Å². The van der Waals surface area contributed by atoms with Crippen molar-refractivity contribution in [1.82, 2.24) is 15.2 Å². The van der Waals surface area contributed by atoms with Crippen molar-refractivity contribution in [2.45, 2.75) is 11.3 Å². The summed E-state index contributed by atoms with van der Waals surface area (Å²) in [4.78, 5) is 20.9. The molecule has 1 aromatic carbocycles. The molecule has 0 bridgehead atoms. The van der Waals surface area contributed by atoms with Crippen LogP contribution >= 0.6 is 34.4 Å². The first-order chi connectivity index (χ1) is 13.7. The number of benzene rings is 1. The Morgan fingerprint density at radius 2 is 1.89 bits per heavy atom. The maximum Gasteiger partial charge on any atom is 0.236 e. The highest BCUT2D eigenvalue weighted by molar-refractivity contribution is 8.01. The lowest BCUT2D eigenvalue weighted by Crippen LogP contribution is -2.46. The van der Waals surface area contributed by atoms with Crippen LogP contribution in [0.2, 0.25) is 0 Å². The van der Waals surface area contributed by atoms with Crippen LogP contribution in [-0.2, 0) is 4.79 Å². The fourth-order valence-corrected chi connectivity index (χ4v) is 5.27. The van der Waals surface area contributed by atoms with Gasteiger partial charge in [0.05, 0.1) is 11.4 Å². The van der Waals surface area contributed by atoms with Gasteiger partial charge in [-0.05, 0) is 19.1 Å². The second-order valence-electron chi connectivity index (χ2n) is 6.29. The number of aromatic nitrogens is 3. The molecule has 1 aliphatic rings. The lowest BCUT2D eigenvalue weighted by atomic mass is 10.2. The van der Waals surface area contributed by atoms with Gasteiger partial charge in [0.2, 0.25) is 11.0 Å². The molecule has 1 fully saturated rings. The van der Waals surface area contributed by atoms with Gasteiger partial charge >= 0.3 is 0 Å². The third-order valence-corrected chi connectivity index (χ3v) is 7.25. The Labute approximate surface area is 175 Å². The Morgan fingerprint density at radius 1 is 1.14 bits per heavy atom. The van der Waals surface area contributed by atoms with Gasteiger partial charge in [-0.25, -0.2) is 4.98 Å². The third kappa shape index (κ3) is 4.81. The van der Waals surface area contributed by atoms with Crippen LogP contribution in [0.15, 0.2) is 40.1 Å². The smallest absolute Gasteiger partial charge is 0.236 e. The molecule has 3 heterocycles. The summed E-state index contributed by atoms with van der Waals surface area (Å²) in [6.45, 7) is 5.66. The Morgan fingerprint density at radius 3 is 2.61 bits per heavy atom. The first-order valence-electron chi connectivity index (χ1n) is 8.90. The number of para-hydroxylation sites is 1. The fourth-order valence-electron chi connectivity index (χ4n) is 2.88. The summed E-state index contributed by atoms with van der Waals surface area (Å²) in [6.07, 6.45) is 0. The second kappa shape index (κ2) is 8.89. The average molecular weight is 433 g/mol. The maximum absolute atomic E-state index is 12.0. The Bertz CT molecular complexity index is 920. The van der Waals surface area contributed by atoms with Crippen LogP contribution in [0.25, 0.3) is 0 Å². The van der Waals surface area contributed by atoms with Crippen molar-refractivity contribution in [2.75, 3.05) is 47.0 Å². The van der Waals surface area contributed by atoms with E-state index in [9.17, 15) is 4.79 Å². The minimum atomic E-state index is -0.0763. The molecule has 0 radical (unpaired) electrons. The number of carbonyl (C=O) groups excluding carboxylic acids is 1. The van der Waals surface area contributed by atoms with Crippen molar-refractivity contribution in [2.24, 2.45) is 0 Å². The Kier molecular flexibility index (Phi) is 6.08. The number of hydrogen-bond acceptors (Lipinski definition) is 9. The number of rotatable bonds is 6. The van der Waals surface area contributed by atoms with Gasteiger partial charge in [0.25, 0.3) is 0 Å². The van der Waals surface area contributed by atoms with Crippen LogP contribution in [0.1, 0.15) is 5.69 Å². The zero-order chi connectivity index (χ0) is 19.3. The standard InChI is InChI=1S/C18H20N6OS3/c1-13-11-26-16(19-13)20-15(25)12-27-18-22-21-17(28-18)24-9-7-23(8-10-24)14-5-3-2-4-6-14/h2-6,11H,7-10,12H2,1H3,(H,19,20,25). The molecule has 0 spiro atoms. The molecule has 4 rings (SSSR count). The molecule has 0 unspecified atom stereocenters. The Balaban J connectivity index is 1.26. The van der Waals surface area contributed by atoms with Gasteiger partial charge in [0.15, 0.2) is 9.47 Å². The van der Waals surface area contributed by atoms with Crippen molar-refractivity contribution in [3.8, 4) is 0 Å². The SMILES string of the molecule is Cc1csc(NC(=O)CSc2nnc(N3CCN(c4ccccc4)CC3)s2)n1. The molecule has 1 amide bonds. The summed E-state index contributed by atoms with van der Waals surface area (Å²) in [7, 11) is 0. The number of amides is 1. The maximum atomic E-state index is 12.0. The highest BCUT2D eigenvalue weighted by Gasteiger charge is 2.20. The van der Waals surface area contributed by atoms with Crippen LogP contribution in [0, 0.1) is 6.92 Å². The monoisotopic (exact) mass is 432 g/mol. The normalized spacial score (nSPS) is 14.3. The lowest BCUT2D eigenvalue weighted by molar-refractivity contribution is -0.113. The molecule has 146 valence electrons. The van der Waals surface area contributed by atoms with E-state index >= 15 is 0 Å². The minimum Gasteiger partial charge on any atom is -0.368 e. The van der Waals surface area contributed by atoms with Crippen LogP contribution in [-0.4, -0.2) is 53.0 Å². The number of hydrogen-bond donors (Lipinski definition) is 1. The average Bonchev–Trinajstić information content (AvgIpc) is 3.36. The molecule has 1 saturated heterocycles. The van der Waals surface area contributed by atoms with E-state index in [-0.39, 0.29) is 5.91 Å². The number of carbonyl (C=O) groups is 1. The van der Waals surface area contributed by atoms with Crippen molar-refractivity contribution in [1.29, 1.82) is 0 Å². The Hall–Kier alpha value is -2.17. The van der Waals surface area contributed by atoms with Crippen molar-refractivity contribution >= 4 is 56.3 Å². The van der Waals surface area contributed by atoms with E-state index in [1.807, 2.05) is 18.4 Å². The quantitative estimate of drug-likeness (QED) is 0.599. The predicted octanol–water partition coefficient (Wildman–Crippen LogP) is 3.36. The van der Waals surface area contributed by atoms with Crippen molar-refractivity contribution in [3.63, 3.8) is 0 Å². The van der Waals surface area contributed by atoms with Gasteiger partial charge in [0.1, 0.15) is 0 Å². The van der Waals surface area contributed by atoms with Crippen LogP contribution in [0.3, 0.4) is 0 Å². The number of anilines is 3. The first kappa shape index (κ1) is 19.2. The fraction of sp³-hybridized carbons (Fsp3) is 0.333. The molecule has 0 aliphatic carbocycles. The summed E-state index contributed by atoms with van der Waals surface area (Å²) >= 11 is 4.39. The zero-order valence-corrected chi connectivity index (χ0v) is 17.8. The van der Waals surface area contributed by atoms with Gasteiger partial charge in [-0.15, -0.1) is 21.5 Å². The van der Waals surface area contributed by atoms with E-state index < -0.39 is 0 Å². The van der Waals surface area contributed by atoms with Gasteiger partial charge < -0.3 is 15.1 Å². The highest BCUT2D eigenvalue weighted by atomic mass is 32.2. The van der Waals surface area contributed by atoms with E-state index in [2.05, 4.69) is 54.6 Å². The lowest BCUT2D eigenvalue weighted by Gasteiger charge is -2.35. The summed E-state index contributed by atoms with van der Waals surface area (Å²) < 4.78 is 0.811. The summed E-state index contributed by atoms with van der Waals surface area (Å²) in [6, 6.07) is 10.5. The van der Waals surface area contributed by atoms with Crippen molar-refractivity contribution in [3.05, 3.63) is 41.4 Å². The predicted molar refractivity (Wildman–Crippen MR) is 117 cm³/mol. The molecule has 7 nitrogen and oxygen atoms in total. The number of aryl methyl sites for hydroxylation is 1. The molecule has 0 saturated carbocycles. The first-order valence-corrected chi connectivity index (χ1v) is 11.6. The van der Waals surface area contributed by atoms with E-state index in [4.69, 9.17) is 0 Å². The number of piperazine rings is 1. The van der Waals surface area contributed by atoms with Crippen LogP contribution in [0.4, 0.5) is 16.0 Å². The summed E-state index contributed by atoms with van der Waals surface area (Å²) in [5.74, 6) is 0.224. The van der Waals surface area contributed by atoms with E-state index in [0.717, 1.165) is 41.3 Å². The third-order valence-electron chi connectivity index (χ3n) is 4.26. The molecular formula is C18H20N6OS3. The number of thioether (sulfide) groups is 1. The highest BCUT2D eigenvalue weighted by Crippen LogP contribution is 2.29. The summed E-state index contributed by atoms with van der Waals surface area (Å²) in [5, 5.41) is 14.8. The minimum absolute atomic E-state index is 0.0763. The molecular weight excluding hydrogens is 412 g/mol. The van der Waals surface area contributed by atoms with E-state index in [1.165, 1.54) is 28.8 Å². The van der Waals surface area contributed by atoms with Gasteiger partial charge in [0, 0.05) is 37.2 Å². The molecule has 10 heteroatoms. The molecule has 1 N–H and O–H groups in total. The van der Waals surface area contributed by atoms with Gasteiger partial charge in [-0.1, -0.05) is 41.3 Å². The summed E-state index contributed by atoms with van der Waals surface area (Å²) in [5.41, 5.74) is 2.17. The number of nitrogens with one attached hydrogen (secondary N) is 1. The molecule has 0 atom stereocenters. The van der Waals surface area contributed by atoms with Crippen LogP contribution in [0.5, 0.6) is 0 Å². The largest absolute Gasteiger partial charge is 0.368 e. The zero-order valence-electron chi connectivity index (χ0n) is 15.4. The van der Waals surface area contributed by atoms with E-state index in [0.29, 0.717) is 10.9 Å². The molecule has 28 heavy (non-hydrogen) atoms. The second-order valence-corrected chi connectivity index (χ2v) is 9.33. The topological polar surface area (TPSA) is 74.2 Å². The molecule has 3 aromatic rings. The van der Waals surface area contributed by atoms with Crippen LogP contribution < -0.4 is 15.1 Å². The molecule has 1 aliphatic heterocycles. The van der Waals surface area contributed by atoms with Gasteiger partial charge in [-0.3, -0.25) is 4.79 Å². The van der Waals surface area contributed by atoms with E-state index in [1.54, 1.807) is 11.3 Å².